The Morgan fingerprint density at radius 1 is 1.47 bits per heavy atom. The van der Waals surface area contributed by atoms with E-state index in [9.17, 15) is 13.6 Å². The first-order valence-electron chi connectivity index (χ1n) is 4.27. The van der Waals surface area contributed by atoms with Crippen molar-refractivity contribution in [2.45, 2.75) is 6.92 Å². The summed E-state index contributed by atoms with van der Waals surface area (Å²) in [5, 5.41) is 7.31. The Morgan fingerprint density at radius 2 is 2.13 bits per heavy atom. The minimum absolute atomic E-state index is 0.101. The molecule has 1 aromatic rings. The average molecular weight is 213 g/mol. The van der Waals surface area contributed by atoms with E-state index in [4.69, 9.17) is 5.41 Å². The summed E-state index contributed by atoms with van der Waals surface area (Å²) in [5.41, 5.74) is -0.885. The monoisotopic (exact) mass is 213 g/mol. The number of nitrogens with one attached hydrogen (secondary N) is 1. The number of ether oxygens (including phenoxy) is 1. The molecule has 0 amide bonds. The smallest absolute Gasteiger partial charge is 0.356 e. The molecule has 0 unspecified atom stereocenters. The lowest BCUT2D eigenvalue weighted by molar-refractivity contribution is -0.135. The minimum Gasteiger partial charge on any atom is -0.461 e. The Morgan fingerprint density at radius 3 is 2.67 bits per heavy atom. The predicted molar refractivity (Wildman–Crippen MR) is 49.8 cm³/mol. The van der Waals surface area contributed by atoms with Gasteiger partial charge in [0.1, 0.15) is 17.3 Å². The van der Waals surface area contributed by atoms with Gasteiger partial charge in [0.2, 0.25) is 0 Å². The van der Waals surface area contributed by atoms with Crippen LogP contribution in [0.25, 0.3) is 0 Å². The van der Waals surface area contributed by atoms with Crippen LogP contribution in [0.15, 0.2) is 18.2 Å². The number of hydrogen-bond donors (Lipinski definition) is 1. The summed E-state index contributed by atoms with van der Waals surface area (Å²) in [5.74, 6) is -2.64. The van der Waals surface area contributed by atoms with Crippen LogP contribution in [0.1, 0.15) is 12.5 Å². The van der Waals surface area contributed by atoms with Crippen LogP contribution in [0.5, 0.6) is 0 Å². The number of hydrogen-bond acceptors (Lipinski definition) is 3. The molecule has 0 heterocycles. The van der Waals surface area contributed by atoms with Crippen molar-refractivity contribution >= 4 is 11.7 Å². The third-order valence-electron chi connectivity index (χ3n) is 1.68. The van der Waals surface area contributed by atoms with Crippen LogP contribution in [0.2, 0.25) is 0 Å². The fraction of sp³-hybridized carbons (Fsp3) is 0.200. The highest BCUT2D eigenvalue weighted by Gasteiger charge is 2.17. The third-order valence-corrected chi connectivity index (χ3v) is 1.68. The Bertz CT molecular complexity index is 404. The second-order valence-electron chi connectivity index (χ2n) is 2.72. The van der Waals surface area contributed by atoms with E-state index < -0.39 is 23.3 Å². The van der Waals surface area contributed by atoms with Gasteiger partial charge in [-0.05, 0) is 19.1 Å². The Labute approximate surface area is 85.2 Å². The van der Waals surface area contributed by atoms with Crippen molar-refractivity contribution in [2.75, 3.05) is 6.61 Å². The lowest BCUT2D eigenvalue weighted by Crippen LogP contribution is -2.18. The van der Waals surface area contributed by atoms with Gasteiger partial charge in [-0.2, -0.15) is 0 Å². The second kappa shape index (κ2) is 4.63. The highest BCUT2D eigenvalue weighted by Crippen LogP contribution is 2.10. The summed E-state index contributed by atoms with van der Waals surface area (Å²) >= 11 is 0. The SMILES string of the molecule is CCOC(=O)C(=N)c1ccc(F)cc1F. The van der Waals surface area contributed by atoms with Gasteiger partial charge in [-0.1, -0.05) is 0 Å². The van der Waals surface area contributed by atoms with E-state index in [0.717, 1.165) is 12.1 Å². The van der Waals surface area contributed by atoms with Gasteiger partial charge in [0.25, 0.3) is 0 Å². The molecular weight excluding hydrogens is 204 g/mol. The summed E-state index contributed by atoms with van der Waals surface area (Å²) in [6.45, 7) is 1.68. The maximum Gasteiger partial charge on any atom is 0.356 e. The van der Waals surface area contributed by atoms with Gasteiger partial charge in [-0.25, -0.2) is 13.6 Å². The average Bonchev–Trinajstić information content (AvgIpc) is 2.17. The topological polar surface area (TPSA) is 50.2 Å². The normalized spacial score (nSPS) is 9.80. The molecule has 0 atom stereocenters. The van der Waals surface area contributed by atoms with E-state index in [1.54, 1.807) is 6.92 Å². The van der Waals surface area contributed by atoms with E-state index in [1.807, 2.05) is 0 Å². The number of carbonyl (C=O) groups excluding carboxylic acids is 1. The lowest BCUT2D eigenvalue weighted by Gasteiger charge is -2.04. The van der Waals surface area contributed by atoms with Gasteiger partial charge >= 0.3 is 5.97 Å². The quantitative estimate of drug-likeness (QED) is 0.615. The van der Waals surface area contributed by atoms with Crippen molar-refractivity contribution in [3.8, 4) is 0 Å². The first-order chi connectivity index (χ1) is 7.06. The number of carbonyl (C=O) groups is 1. The molecule has 1 aromatic carbocycles. The molecule has 0 radical (unpaired) electrons. The maximum absolute atomic E-state index is 13.1. The molecule has 5 heteroatoms. The van der Waals surface area contributed by atoms with Crippen LogP contribution in [-0.2, 0) is 9.53 Å². The molecule has 0 saturated heterocycles. The third kappa shape index (κ3) is 2.59. The van der Waals surface area contributed by atoms with Crippen LogP contribution in [0.4, 0.5) is 8.78 Å². The maximum atomic E-state index is 13.1. The largest absolute Gasteiger partial charge is 0.461 e. The number of rotatable bonds is 3. The van der Waals surface area contributed by atoms with Crippen LogP contribution >= 0.6 is 0 Å². The second-order valence-corrected chi connectivity index (χ2v) is 2.72. The number of esters is 1. The van der Waals surface area contributed by atoms with E-state index >= 15 is 0 Å². The number of benzene rings is 1. The van der Waals surface area contributed by atoms with Gasteiger partial charge in [0.05, 0.1) is 6.61 Å². The van der Waals surface area contributed by atoms with E-state index in [0.29, 0.717) is 6.07 Å². The van der Waals surface area contributed by atoms with Crippen molar-refractivity contribution in [1.82, 2.24) is 0 Å². The van der Waals surface area contributed by atoms with Crippen molar-refractivity contribution in [2.24, 2.45) is 0 Å². The molecule has 0 aliphatic carbocycles. The van der Waals surface area contributed by atoms with Crippen LogP contribution in [-0.4, -0.2) is 18.3 Å². The molecule has 0 aliphatic rings. The zero-order valence-corrected chi connectivity index (χ0v) is 8.01. The molecular formula is C10H9F2NO2. The minimum atomic E-state index is -0.951. The fourth-order valence-electron chi connectivity index (χ4n) is 1.01. The Balaban J connectivity index is 2.96. The van der Waals surface area contributed by atoms with Crippen LogP contribution in [0.3, 0.4) is 0 Å². The fourth-order valence-corrected chi connectivity index (χ4v) is 1.01. The molecule has 0 bridgehead atoms. The summed E-state index contributed by atoms with van der Waals surface area (Å²) in [6.07, 6.45) is 0. The van der Waals surface area contributed by atoms with E-state index in [2.05, 4.69) is 4.74 Å². The molecule has 3 nitrogen and oxygen atoms in total. The van der Waals surface area contributed by atoms with Crippen molar-refractivity contribution in [3.05, 3.63) is 35.4 Å². The van der Waals surface area contributed by atoms with Crippen LogP contribution in [0, 0.1) is 17.0 Å². The van der Waals surface area contributed by atoms with Crippen molar-refractivity contribution in [1.29, 1.82) is 5.41 Å². The van der Waals surface area contributed by atoms with Gasteiger partial charge < -0.3 is 4.74 Å². The van der Waals surface area contributed by atoms with E-state index in [-0.39, 0.29) is 12.2 Å². The van der Waals surface area contributed by atoms with E-state index in [1.165, 1.54) is 0 Å². The standard InChI is InChI=1S/C10H9F2NO2/c1-2-15-10(14)9(13)7-4-3-6(11)5-8(7)12/h3-5,13H,2H2,1H3. The molecule has 15 heavy (non-hydrogen) atoms. The summed E-state index contributed by atoms with van der Waals surface area (Å²) < 4.78 is 30.2. The first-order valence-corrected chi connectivity index (χ1v) is 4.27. The predicted octanol–water partition coefficient (Wildman–Crippen LogP) is 1.90. The molecule has 0 fully saturated rings. The summed E-state index contributed by atoms with van der Waals surface area (Å²) in [7, 11) is 0. The summed E-state index contributed by atoms with van der Waals surface area (Å²) in [6, 6.07) is 2.62. The van der Waals surface area contributed by atoms with Gasteiger partial charge in [-0.3, -0.25) is 5.41 Å². The summed E-state index contributed by atoms with van der Waals surface area (Å²) in [4.78, 5) is 11.1. The molecule has 0 spiro atoms. The molecule has 1 N–H and O–H groups in total. The molecule has 0 saturated carbocycles. The van der Waals surface area contributed by atoms with Gasteiger partial charge in [-0.15, -0.1) is 0 Å². The highest BCUT2D eigenvalue weighted by molar-refractivity contribution is 6.42. The first kappa shape index (κ1) is 11.3. The van der Waals surface area contributed by atoms with Crippen molar-refractivity contribution < 1.29 is 18.3 Å². The lowest BCUT2D eigenvalue weighted by atomic mass is 10.1. The molecule has 80 valence electrons. The Hall–Kier alpha value is -1.78. The van der Waals surface area contributed by atoms with Crippen LogP contribution < -0.4 is 0 Å². The zero-order chi connectivity index (χ0) is 11.4. The highest BCUT2D eigenvalue weighted by atomic mass is 19.1. The van der Waals surface area contributed by atoms with Crippen molar-refractivity contribution in [3.63, 3.8) is 0 Å². The van der Waals surface area contributed by atoms with Gasteiger partial charge in [0.15, 0.2) is 0 Å². The zero-order valence-electron chi connectivity index (χ0n) is 8.01. The molecule has 0 aliphatic heterocycles. The Kier molecular flexibility index (Phi) is 3.49. The number of halogens is 2. The molecule has 0 aromatic heterocycles. The van der Waals surface area contributed by atoms with Gasteiger partial charge in [0, 0.05) is 11.6 Å². The molecule has 1 rings (SSSR count).